The lowest BCUT2D eigenvalue weighted by Crippen LogP contribution is -2.27. The SMILES string of the molecule is COCC(COC)Oc1cc(Oc2ccc(S(C)(=O)=O)cn2)cc2cc(C3=NCC(CC(C)(C)O)S3)[nH]c12. The maximum Gasteiger partial charge on any atom is 0.219 e. The summed E-state index contributed by atoms with van der Waals surface area (Å²) >= 11 is 1.64. The number of benzene rings is 1. The highest BCUT2D eigenvalue weighted by atomic mass is 32.2. The number of nitrogens with one attached hydrogen (secondary N) is 1. The van der Waals surface area contributed by atoms with Crippen LogP contribution in [0.4, 0.5) is 0 Å². The van der Waals surface area contributed by atoms with E-state index < -0.39 is 15.4 Å². The first-order chi connectivity index (χ1) is 17.9. The van der Waals surface area contributed by atoms with Gasteiger partial charge >= 0.3 is 0 Å². The lowest BCUT2D eigenvalue weighted by molar-refractivity contribution is 0.0251. The van der Waals surface area contributed by atoms with Gasteiger partial charge in [0.25, 0.3) is 0 Å². The largest absolute Gasteiger partial charge is 0.483 e. The number of hydrogen-bond acceptors (Lipinski definition) is 10. The van der Waals surface area contributed by atoms with Crippen molar-refractivity contribution in [1.29, 1.82) is 0 Å². The number of methoxy groups -OCH3 is 2. The topological polar surface area (TPSA) is 132 Å². The predicted octanol–water partition coefficient (Wildman–Crippen LogP) is 3.82. The minimum atomic E-state index is -3.37. The van der Waals surface area contributed by atoms with E-state index in [-0.39, 0.29) is 22.1 Å². The second kappa shape index (κ2) is 11.6. The van der Waals surface area contributed by atoms with Crippen LogP contribution in [-0.2, 0) is 19.3 Å². The van der Waals surface area contributed by atoms with Crippen LogP contribution in [0.5, 0.6) is 17.4 Å². The van der Waals surface area contributed by atoms with Gasteiger partial charge in [-0.3, -0.25) is 4.99 Å². The van der Waals surface area contributed by atoms with Crippen molar-refractivity contribution < 1.29 is 32.5 Å². The Labute approximate surface area is 226 Å². The second-order valence-electron chi connectivity index (χ2n) is 9.83. The van der Waals surface area contributed by atoms with Crippen LogP contribution in [0.2, 0.25) is 0 Å². The Morgan fingerprint density at radius 3 is 2.53 bits per heavy atom. The summed E-state index contributed by atoms with van der Waals surface area (Å²) in [7, 11) is -0.172. The standard InChI is InChI=1S/C26H33N3O7S2/c1-26(2,30)11-19-12-28-25(37-19)21-9-16-8-17(36-23-7-6-20(13-27-23)38(5,31)32)10-22(24(16)29-21)35-18(14-33-3)15-34-4/h6-10,13,18-19,29-30H,11-12,14-15H2,1-5H3. The molecule has 0 aliphatic carbocycles. The summed E-state index contributed by atoms with van der Waals surface area (Å²) in [5.74, 6) is 1.24. The molecule has 0 amide bonds. The molecule has 4 rings (SSSR count). The number of H-pyrrole nitrogens is 1. The molecule has 0 radical (unpaired) electrons. The number of sulfone groups is 1. The molecule has 206 valence electrons. The van der Waals surface area contributed by atoms with Gasteiger partial charge in [0.1, 0.15) is 22.6 Å². The molecule has 10 nitrogen and oxygen atoms in total. The highest BCUT2D eigenvalue weighted by Crippen LogP contribution is 2.37. The number of hydrogen-bond donors (Lipinski definition) is 2. The monoisotopic (exact) mass is 563 g/mol. The molecule has 1 aliphatic heterocycles. The highest BCUT2D eigenvalue weighted by Gasteiger charge is 2.28. The van der Waals surface area contributed by atoms with Crippen molar-refractivity contribution in [1.82, 2.24) is 9.97 Å². The van der Waals surface area contributed by atoms with Gasteiger partial charge in [0.2, 0.25) is 5.88 Å². The smallest absolute Gasteiger partial charge is 0.219 e. The minimum absolute atomic E-state index is 0.110. The first-order valence-corrected chi connectivity index (χ1v) is 14.8. The van der Waals surface area contributed by atoms with Crippen molar-refractivity contribution in [2.45, 2.75) is 42.1 Å². The van der Waals surface area contributed by atoms with Crippen molar-refractivity contribution in [3.63, 3.8) is 0 Å². The number of fused-ring (bicyclic) bond motifs is 1. The van der Waals surface area contributed by atoms with Gasteiger partial charge < -0.3 is 29.0 Å². The second-order valence-corrected chi connectivity index (χ2v) is 13.1. The zero-order valence-corrected chi connectivity index (χ0v) is 23.7. The number of rotatable bonds is 12. The average Bonchev–Trinajstić information content (AvgIpc) is 3.45. The van der Waals surface area contributed by atoms with Gasteiger partial charge in [0, 0.05) is 49.4 Å². The highest BCUT2D eigenvalue weighted by molar-refractivity contribution is 8.15. The summed E-state index contributed by atoms with van der Waals surface area (Å²) in [6.45, 7) is 4.89. The summed E-state index contributed by atoms with van der Waals surface area (Å²) in [6.07, 6.45) is 2.67. The zero-order valence-electron chi connectivity index (χ0n) is 22.1. The Hall–Kier alpha value is -2.64. The number of nitrogens with zero attached hydrogens (tertiary/aromatic N) is 2. The number of aromatic nitrogens is 2. The molecule has 0 bridgehead atoms. The van der Waals surface area contributed by atoms with Crippen LogP contribution in [0.25, 0.3) is 10.9 Å². The molecule has 0 saturated carbocycles. The molecule has 12 heteroatoms. The Balaban J connectivity index is 1.66. The predicted molar refractivity (Wildman–Crippen MR) is 148 cm³/mol. The van der Waals surface area contributed by atoms with Crippen LogP contribution in [0.3, 0.4) is 0 Å². The maximum absolute atomic E-state index is 11.8. The van der Waals surface area contributed by atoms with Gasteiger partial charge in [-0.15, -0.1) is 0 Å². The van der Waals surface area contributed by atoms with Gasteiger partial charge in [0.05, 0.1) is 41.5 Å². The number of aliphatic hydroxyl groups is 1. The van der Waals surface area contributed by atoms with Crippen molar-refractivity contribution in [3.05, 3.63) is 42.2 Å². The lowest BCUT2D eigenvalue weighted by Gasteiger charge is -2.20. The Kier molecular flexibility index (Phi) is 8.68. The van der Waals surface area contributed by atoms with Crippen LogP contribution in [0.15, 0.2) is 46.4 Å². The first kappa shape index (κ1) is 28.4. The molecule has 1 atom stereocenters. The molecule has 1 aliphatic rings. The third kappa shape index (κ3) is 7.26. The summed E-state index contributed by atoms with van der Waals surface area (Å²) < 4.78 is 46.4. The van der Waals surface area contributed by atoms with Crippen LogP contribution in [0.1, 0.15) is 26.0 Å². The van der Waals surface area contributed by atoms with Gasteiger partial charge in [-0.25, -0.2) is 13.4 Å². The Morgan fingerprint density at radius 2 is 1.92 bits per heavy atom. The number of pyridine rings is 1. The Bertz CT molecular complexity index is 1390. The van der Waals surface area contributed by atoms with E-state index in [0.29, 0.717) is 37.7 Å². The first-order valence-electron chi connectivity index (χ1n) is 12.0. The zero-order chi connectivity index (χ0) is 27.5. The minimum Gasteiger partial charge on any atom is -0.483 e. The number of thioether (sulfide) groups is 1. The van der Waals surface area contributed by atoms with Gasteiger partial charge in [-0.05, 0) is 38.5 Å². The molecule has 2 N–H and O–H groups in total. The molecule has 38 heavy (non-hydrogen) atoms. The van der Waals surface area contributed by atoms with E-state index in [9.17, 15) is 13.5 Å². The summed E-state index contributed by atoms with van der Waals surface area (Å²) in [4.78, 5) is 12.4. The lowest BCUT2D eigenvalue weighted by atomic mass is 10.0. The molecule has 1 aromatic carbocycles. The fourth-order valence-electron chi connectivity index (χ4n) is 4.12. The van der Waals surface area contributed by atoms with E-state index in [2.05, 4.69) is 9.97 Å². The average molecular weight is 564 g/mol. The molecule has 0 fully saturated rings. The van der Waals surface area contributed by atoms with Gasteiger partial charge in [0.15, 0.2) is 9.84 Å². The fraction of sp³-hybridized carbons (Fsp3) is 0.462. The third-order valence-electron chi connectivity index (χ3n) is 5.70. The quantitative estimate of drug-likeness (QED) is 0.337. The van der Waals surface area contributed by atoms with Gasteiger partial charge in [-0.1, -0.05) is 11.8 Å². The molecule has 2 aromatic heterocycles. The third-order valence-corrected chi connectivity index (χ3v) is 8.02. The van der Waals surface area contributed by atoms with Crippen LogP contribution in [0, 0.1) is 0 Å². The Morgan fingerprint density at radius 1 is 1.18 bits per heavy atom. The number of ether oxygens (including phenoxy) is 4. The normalized spacial score (nSPS) is 16.3. The van der Waals surface area contributed by atoms with Crippen molar-refractivity contribution in [2.24, 2.45) is 4.99 Å². The van der Waals surface area contributed by atoms with Crippen LogP contribution < -0.4 is 9.47 Å². The molecule has 0 saturated heterocycles. The number of aromatic amines is 1. The number of aliphatic imine (C=N–C) groups is 1. The maximum atomic E-state index is 11.8. The van der Waals surface area contributed by atoms with Crippen LogP contribution in [-0.4, -0.2) is 85.7 Å². The summed E-state index contributed by atoms with van der Waals surface area (Å²) in [6, 6.07) is 8.54. The summed E-state index contributed by atoms with van der Waals surface area (Å²) in [5.41, 5.74) is 0.844. The van der Waals surface area contributed by atoms with E-state index in [0.717, 1.165) is 27.9 Å². The molecular weight excluding hydrogens is 530 g/mol. The van der Waals surface area contributed by atoms with Crippen LogP contribution >= 0.6 is 11.8 Å². The summed E-state index contributed by atoms with van der Waals surface area (Å²) in [5, 5.41) is 12.1. The van der Waals surface area contributed by atoms with E-state index >= 15 is 0 Å². The molecule has 0 spiro atoms. The van der Waals surface area contributed by atoms with Gasteiger partial charge in [-0.2, -0.15) is 0 Å². The van der Waals surface area contributed by atoms with E-state index in [1.807, 2.05) is 12.1 Å². The van der Waals surface area contributed by atoms with E-state index in [1.54, 1.807) is 45.9 Å². The van der Waals surface area contributed by atoms with Crippen molar-refractivity contribution in [2.75, 3.05) is 40.2 Å². The molecule has 3 aromatic rings. The van der Waals surface area contributed by atoms with Crippen molar-refractivity contribution in [3.8, 4) is 17.4 Å². The van der Waals surface area contributed by atoms with E-state index in [1.165, 1.54) is 18.3 Å². The molecule has 3 heterocycles. The van der Waals surface area contributed by atoms with E-state index in [4.69, 9.17) is 23.9 Å². The molecular formula is C26H33N3O7S2. The molecule has 1 unspecified atom stereocenters. The fourth-order valence-corrected chi connectivity index (χ4v) is 6.02. The van der Waals surface area contributed by atoms with Crippen molar-refractivity contribution >= 4 is 37.5 Å².